The van der Waals surface area contributed by atoms with Gasteiger partial charge in [0, 0.05) is 30.2 Å². The molecule has 0 bridgehead atoms. The van der Waals surface area contributed by atoms with E-state index in [0.717, 1.165) is 22.0 Å². The van der Waals surface area contributed by atoms with Gasteiger partial charge in [0.05, 0.1) is 12.1 Å². The minimum Gasteiger partial charge on any atom is -0.449 e. The van der Waals surface area contributed by atoms with E-state index in [1.807, 2.05) is 47.4 Å². The molecule has 0 aliphatic carbocycles. The molecule has 25 heavy (non-hydrogen) atoms. The Morgan fingerprint density at radius 2 is 1.92 bits per heavy atom. The van der Waals surface area contributed by atoms with Crippen molar-refractivity contribution in [1.82, 2.24) is 9.47 Å². The normalized spacial score (nSPS) is 13.3. The molecule has 1 aliphatic rings. The Morgan fingerprint density at radius 1 is 1.12 bits per heavy atom. The summed E-state index contributed by atoms with van der Waals surface area (Å²) in [4.78, 5) is 26.9. The zero-order chi connectivity index (χ0) is 17.4. The number of ether oxygens (including phenoxy) is 1. The van der Waals surface area contributed by atoms with Gasteiger partial charge in [-0.1, -0.05) is 36.4 Å². The quantitative estimate of drug-likeness (QED) is 0.732. The Kier molecular flexibility index (Phi) is 3.76. The molecule has 0 radical (unpaired) electrons. The molecule has 0 saturated heterocycles. The van der Waals surface area contributed by atoms with Gasteiger partial charge in [0.2, 0.25) is 0 Å². The Balaban J connectivity index is 1.75. The maximum absolute atomic E-state index is 12.9. The van der Waals surface area contributed by atoms with Crippen LogP contribution in [-0.2, 0) is 17.8 Å². The van der Waals surface area contributed by atoms with Gasteiger partial charge in [0.25, 0.3) is 5.91 Å². The van der Waals surface area contributed by atoms with E-state index in [-0.39, 0.29) is 5.91 Å². The lowest BCUT2D eigenvalue weighted by molar-refractivity contribution is 0.0725. The lowest BCUT2D eigenvalue weighted by atomic mass is 10.00. The van der Waals surface area contributed by atoms with Crippen molar-refractivity contribution in [2.75, 3.05) is 6.61 Å². The summed E-state index contributed by atoms with van der Waals surface area (Å²) in [6.07, 6.45) is 1.37. The van der Waals surface area contributed by atoms with E-state index in [2.05, 4.69) is 0 Å². The summed E-state index contributed by atoms with van der Waals surface area (Å²) in [6, 6.07) is 15.4. The van der Waals surface area contributed by atoms with Gasteiger partial charge < -0.3 is 9.64 Å². The average molecular weight is 334 g/mol. The van der Waals surface area contributed by atoms with Gasteiger partial charge in [-0.25, -0.2) is 4.79 Å². The van der Waals surface area contributed by atoms with Gasteiger partial charge in [0.1, 0.15) is 0 Å². The molecule has 5 heteroatoms. The summed E-state index contributed by atoms with van der Waals surface area (Å²) in [5.41, 5.74) is 3.40. The highest BCUT2D eigenvalue weighted by atomic mass is 16.5. The monoisotopic (exact) mass is 334 g/mol. The Hall–Kier alpha value is -3.08. The average Bonchev–Trinajstić information content (AvgIpc) is 3.00. The number of carbonyl (C=O) groups excluding carboxylic acids is 2. The number of amides is 1. The maximum Gasteiger partial charge on any atom is 0.418 e. The third kappa shape index (κ3) is 2.58. The fourth-order valence-electron chi connectivity index (χ4n) is 3.39. The second-order valence-corrected chi connectivity index (χ2v) is 6.07. The molecule has 3 aromatic rings. The first-order valence-corrected chi connectivity index (χ1v) is 8.32. The van der Waals surface area contributed by atoms with Crippen LogP contribution in [-0.4, -0.2) is 28.1 Å². The maximum atomic E-state index is 12.9. The second-order valence-electron chi connectivity index (χ2n) is 6.07. The van der Waals surface area contributed by atoms with Crippen molar-refractivity contribution in [3.8, 4) is 0 Å². The predicted molar refractivity (Wildman–Crippen MR) is 94.4 cm³/mol. The van der Waals surface area contributed by atoms with E-state index in [1.165, 1.54) is 4.57 Å². The summed E-state index contributed by atoms with van der Waals surface area (Å²) in [7, 11) is 0. The number of nitrogens with zero attached hydrogens (tertiary/aromatic N) is 2. The molecule has 2 heterocycles. The molecule has 0 unspecified atom stereocenters. The standard InChI is InChI=1S/C20H18N2O3/c1-2-25-20(24)22-13-15-12-21(11-14-7-4-3-5-8-14)19(23)16-9-6-10-17(22)18(15)16/h3-10,13H,2,11-12H2,1H3. The SMILES string of the molecule is CCOC(=O)n1cc2c3c(cccc31)C(=O)N(Cc1ccccc1)C2. The molecule has 126 valence electrons. The van der Waals surface area contributed by atoms with E-state index in [0.29, 0.717) is 25.3 Å². The van der Waals surface area contributed by atoms with Crippen LogP contribution in [0.2, 0.25) is 0 Å². The van der Waals surface area contributed by atoms with E-state index in [4.69, 9.17) is 4.74 Å². The first-order chi connectivity index (χ1) is 12.2. The van der Waals surface area contributed by atoms with Crippen LogP contribution in [0.4, 0.5) is 4.79 Å². The molecular formula is C20H18N2O3. The van der Waals surface area contributed by atoms with Crippen molar-refractivity contribution >= 4 is 22.9 Å². The highest BCUT2D eigenvalue weighted by Gasteiger charge is 2.29. The minimum atomic E-state index is -0.417. The summed E-state index contributed by atoms with van der Waals surface area (Å²) in [5.74, 6) is -0.0106. The van der Waals surface area contributed by atoms with Crippen LogP contribution in [0.1, 0.15) is 28.4 Å². The van der Waals surface area contributed by atoms with Crippen molar-refractivity contribution in [3.05, 3.63) is 71.4 Å². The van der Waals surface area contributed by atoms with Crippen LogP contribution in [0, 0.1) is 0 Å². The molecule has 0 N–H and O–H groups in total. The van der Waals surface area contributed by atoms with Crippen molar-refractivity contribution in [2.24, 2.45) is 0 Å². The van der Waals surface area contributed by atoms with Crippen molar-refractivity contribution in [3.63, 3.8) is 0 Å². The lowest BCUT2D eigenvalue weighted by Crippen LogP contribution is -2.32. The zero-order valence-electron chi connectivity index (χ0n) is 13.9. The lowest BCUT2D eigenvalue weighted by Gasteiger charge is -2.27. The zero-order valence-corrected chi connectivity index (χ0v) is 13.9. The number of hydrogen-bond acceptors (Lipinski definition) is 3. The summed E-state index contributed by atoms with van der Waals surface area (Å²) in [5, 5.41) is 0.852. The summed E-state index contributed by atoms with van der Waals surface area (Å²) >= 11 is 0. The number of hydrogen-bond donors (Lipinski definition) is 0. The molecule has 0 spiro atoms. The van der Waals surface area contributed by atoms with E-state index >= 15 is 0 Å². The van der Waals surface area contributed by atoms with E-state index < -0.39 is 6.09 Å². The third-order valence-electron chi connectivity index (χ3n) is 4.47. The fourth-order valence-corrected chi connectivity index (χ4v) is 3.39. The molecule has 4 rings (SSSR count). The third-order valence-corrected chi connectivity index (χ3v) is 4.47. The first-order valence-electron chi connectivity index (χ1n) is 8.32. The largest absolute Gasteiger partial charge is 0.449 e. The van der Waals surface area contributed by atoms with E-state index in [1.54, 1.807) is 19.2 Å². The molecule has 1 aliphatic heterocycles. The first kappa shape index (κ1) is 15.4. The van der Waals surface area contributed by atoms with Crippen LogP contribution < -0.4 is 0 Å². The highest BCUT2D eigenvalue weighted by Crippen LogP contribution is 2.32. The molecule has 2 aromatic carbocycles. The Bertz CT molecular complexity index is 960. The summed E-state index contributed by atoms with van der Waals surface area (Å²) < 4.78 is 6.63. The van der Waals surface area contributed by atoms with Crippen LogP contribution in [0.15, 0.2) is 54.7 Å². The highest BCUT2D eigenvalue weighted by molar-refractivity contribution is 6.10. The number of rotatable bonds is 3. The molecule has 1 amide bonds. The van der Waals surface area contributed by atoms with Crippen molar-refractivity contribution in [1.29, 1.82) is 0 Å². The number of aromatic nitrogens is 1. The number of carbonyl (C=O) groups is 2. The number of benzene rings is 2. The van der Waals surface area contributed by atoms with Crippen LogP contribution >= 0.6 is 0 Å². The van der Waals surface area contributed by atoms with Crippen LogP contribution in [0.5, 0.6) is 0 Å². The Labute approximate surface area is 145 Å². The minimum absolute atomic E-state index is 0.0106. The molecule has 0 fully saturated rings. The van der Waals surface area contributed by atoms with Crippen molar-refractivity contribution < 1.29 is 14.3 Å². The van der Waals surface area contributed by atoms with Gasteiger partial charge in [-0.05, 0) is 30.2 Å². The predicted octanol–water partition coefficient (Wildman–Crippen LogP) is 3.80. The fraction of sp³-hybridized carbons (Fsp3) is 0.200. The smallest absolute Gasteiger partial charge is 0.418 e. The van der Waals surface area contributed by atoms with Crippen molar-refractivity contribution in [2.45, 2.75) is 20.0 Å². The van der Waals surface area contributed by atoms with Crippen LogP contribution in [0.25, 0.3) is 10.9 Å². The molecule has 0 saturated carbocycles. The van der Waals surface area contributed by atoms with Crippen LogP contribution in [0.3, 0.4) is 0 Å². The summed E-state index contributed by atoms with van der Waals surface area (Å²) in [6.45, 7) is 3.11. The topological polar surface area (TPSA) is 51.5 Å². The van der Waals surface area contributed by atoms with Gasteiger partial charge in [0.15, 0.2) is 0 Å². The van der Waals surface area contributed by atoms with Gasteiger partial charge in [-0.15, -0.1) is 0 Å². The Morgan fingerprint density at radius 3 is 2.68 bits per heavy atom. The second kappa shape index (κ2) is 6.09. The van der Waals surface area contributed by atoms with Gasteiger partial charge >= 0.3 is 6.09 Å². The molecule has 1 aromatic heterocycles. The van der Waals surface area contributed by atoms with E-state index in [9.17, 15) is 9.59 Å². The van der Waals surface area contributed by atoms with Gasteiger partial charge in [-0.3, -0.25) is 9.36 Å². The molecular weight excluding hydrogens is 316 g/mol. The molecule has 0 atom stereocenters. The van der Waals surface area contributed by atoms with Gasteiger partial charge in [-0.2, -0.15) is 0 Å². The molecule has 5 nitrogen and oxygen atoms in total.